The molecule has 1 atom stereocenters. The van der Waals surface area contributed by atoms with Crippen molar-refractivity contribution in [3.8, 4) is 0 Å². The summed E-state index contributed by atoms with van der Waals surface area (Å²) < 4.78 is 0. The van der Waals surface area contributed by atoms with Crippen LogP contribution in [0.15, 0.2) is 48.8 Å². The molecule has 0 aliphatic carbocycles. The average Bonchev–Trinajstić information content (AvgIpc) is 2.98. The molecule has 24 heavy (non-hydrogen) atoms. The molecule has 2 aromatic heterocycles. The molecule has 1 unspecified atom stereocenters. The highest BCUT2D eigenvalue weighted by molar-refractivity contribution is 5.97. The molecule has 0 fully saturated rings. The number of para-hydroxylation sites is 1. The lowest BCUT2D eigenvalue weighted by Gasteiger charge is -2.33. The van der Waals surface area contributed by atoms with E-state index in [0.717, 1.165) is 22.2 Å². The Balaban J connectivity index is 1.77. The number of aromatic amines is 1. The molecule has 4 rings (SSSR count). The van der Waals surface area contributed by atoms with Crippen LogP contribution in [0.25, 0.3) is 10.9 Å². The molecular formula is C18H15N3O3. The zero-order valence-electron chi connectivity index (χ0n) is 12.8. The van der Waals surface area contributed by atoms with Crippen LogP contribution in [0.4, 0.5) is 0 Å². The molecular weight excluding hydrogens is 306 g/mol. The summed E-state index contributed by atoms with van der Waals surface area (Å²) in [6, 6.07) is 10.1. The zero-order valence-corrected chi connectivity index (χ0v) is 12.8. The van der Waals surface area contributed by atoms with Gasteiger partial charge in [0.15, 0.2) is 0 Å². The van der Waals surface area contributed by atoms with Crippen LogP contribution >= 0.6 is 0 Å². The Labute approximate surface area is 137 Å². The lowest BCUT2D eigenvalue weighted by Crippen LogP contribution is -2.48. The molecule has 0 bridgehead atoms. The highest BCUT2D eigenvalue weighted by atomic mass is 16.4. The van der Waals surface area contributed by atoms with Gasteiger partial charge in [0.2, 0.25) is 0 Å². The van der Waals surface area contributed by atoms with E-state index in [1.54, 1.807) is 12.1 Å². The van der Waals surface area contributed by atoms with Gasteiger partial charge in [0.1, 0.15) is 6.04 Å². The topological polar surface area (TPSA) is 86.3 Å². The Morgan fingerprint density at radius 2 is 1.92 bits per heavy atom. The number of fused-ring (bicyclic) bond motifs is 3. The third-order valence-electron chi connectivity index (χ3n) is 4.48. The fraction of sp³-hybridized carbons (Fsp3) is 0.167. The van der Waals surface area contributed by atoms with E-state index in [1.807, 2.05) is 24.3 Å². The Morgan fingerprint density at radius 1 is 1.17 bits per heavy atom. The van der Waals surface area contributed by atoms with Crippen molar-refractivity contribution in [2.45, 2.75) is 19.0 Å². The maximum Gasteiger partial charge on any atom is 0.326 e. The number of pyridine rings is 1. The van der Waals surface area contributed by atoms with Gasteiger partial charge < -0.3 is 15.0 Å². The average molecular weight is 321 g/mol. The molecule has 0 saturated heterocycles. The van der Waals surface area contributed by atoms with Crippen molar-refractivity contribution in [2.24, 2.45) is 0 Å². The number of hydrogen-bond acceptors (Lipinski definition) is 3. The summed E-state index contributed by atoms with van der Waals surface area (Å²) in [5.41, 5.74) is 3.29. The van der Waals surface area contributed by atoms with Gasteiger partial charge in [-0.15, -0.1) is 0 Å². The fourth-order valence-electron chi connectivity index (χ4n) is 3.30. The van der Waals surface area contributed by atoms with Gasteiger partial charge in [-0.25, -0.2) is 4.79 Å². The van der Waals surface area contributed by atoms with Gasteiger partial charge in [0.25, 0.3) is 5.91 Å². The molecule has 1 aliphatic heterocycles. The third kappa shape index (κ3) is 2.23. The predicted octanol–water partition coefficient (Wildman–Crippen LogP) is 2.21. The van der Waals surface area contributed by atoms with Gasteiger partial charge in [0.05, 0.1) is 6.54 Å². The number of nitrogens with one attached hydrogen (secondary N) is 1. The second kappa shape index (κ2) is 5.49. The lowest BCUT2D eigenvalue weighted by atomic mass is 9.96. The number of H-pyrrole nitrogens is 1. The van der Waals surface area contributed by atoms with Gasteiger partial charge in [-0.1, -0.05) is 18.2 Å². The second-order valence-electron chi connectivity index (χ2n) is 5.85. The predicted molar refractivity (Wildman–Crippen MR) is 87.5 cm³/mol. The molecule has 1 aromatic carbocycles. The molecule has 2 N–H and O–H groups in total. The summed E-state index contributed by atoms with van der Waals surface area (Å²) in [5, 5.41) is 10.6. The first-order chi connectivity index (χ1) is 11.6. The van der Waals surface area contributed by atoms with Crippen molar-refractivity contribution < 1.29 is 14.7 Å². The standard InChI is InChI=1S/C18H15N3O3/c22-17(11-5-7-19-8-6-11)21-10-15-13(9-16(21)18(23)24)12-3-1-2-4-14(12)20-15/h1-8,16,20H,9-10H2,(H,23,24). The van der Waals surface area contributed by atoms with Crippen molar-refractivity contribution in [2.75, 3.05) is 0 Å². The number of aliphatic carboxylic acids is 1. The number of nitrogens with zero attached hydrogens (tertiary/aromatic N) is 2. The number of hydrogen-bond donors (Lipinski definition) is 2. The first-order valence-electron chi connectivity index (χ1n) is 7.67. The van der Waals surface area contributed by atoms with Crippen molar-refractivity contribution in [1.29, 1.82) is 0 Å². The number of amides is 1. The van der Waals surface area contributed by atoms with E-state index in [0.29, 0.717) is 12.0 Å². The summed E-state index contributed by atoms with van der Waals surface area (Å²) in [4.78, 5) is 33.1. The Kier molecular flexibility index (Phi) is 3.30. The Hall–Kier alpha value is -3.15. The van der Waals surface area contributed by atoms with Crippen molar-refractivity contribution in [3.63, 3.8) is 0 Å². The molecule has 1 amide bonds. The molecule has 6 nitrogen and oxygen atoms in total. The minimum atomic E-state index is -0.992. The Morgan fingerprint density at radius 3 is 2.67 bits per heavy atom. The molecule has 6 heteroatoms. The van der Waals surface area contributed by atoms with Crippen LogP contribution in [0.5, 0.6) is 0 Å². The first kappa shape index (κ1) is 14.4. The normalized spacial score (nSPS) is 16.8. The minimum Gasteiger partial charge on any atom is -0.480 e. The van der Waals surface area contributed by atoms with E-state index in [9.17, 15) is 14.7 Å². The van der Waals surface area contributed by atoms with Crippen LogP contribution in [0.3, 0.4) is 0 Å². The largest absolute Gasteiger partial charge is 0.480 e. The number of carboxylic acid groups (broad SMARTS) is 1. The van der Waals surface area contributed by atoms with Crippen molar-refractivity contribution >= 4 is 22.8 Å². The quantitative estimate of drug-likeness (QED) is 0.758. The van der Waals surface area contributed by atoms with E-state index in [1.165, 1.54) is 17.3 Å². The smallest absolute Gasteiger partial charge is 0.326 e. The van der Waals surface area contributed by atoms with E-state index in [4.69, 9.17) is 0 Å². The van der Waals surface area contributed by atoms with Crippen LogP contribution in [0.1, 0.15) is 21.6 Å². The summed E-state index contributed by atoms with van der Waals surface area (Å²) in [6.07, 6.45) is 3.36. The van der Waals surface area contributed by atoms with Gasteiger partial charge >= 0.3 is 5.97 Å². The molecule has 1 aliphatic rings. The van der Waals surface area contributed by atoms with Gasteiger partial charge in [-0.2, -0.15) is 0 Å². The van der Waals surface area contributed by atoms with Crippen LogP contribution in [0.2, 0.25) is 0 Å². The van der Waals surface area contributed by atoms with E-state index >= 15 is 0 Å². The zero-order chi connectivity index (χ0) is 16.7. The minimum absolute atomic E-state index is 0.252. The summed E-state index contributed by atoms with van der Waals surface area (Å²) in [5.74, 6) is -1.29. The number of carbonyl (C=O) groups excluding carboxylic acids is 1. The molecule has 3 heterocycles. The number of rotatable bonds is 2. The van der Waals surface area contributed by atoms with Crippen LogP contribution in [-0.4, -0.2) is 37.9 Å². The van der Waals surface area contributed by atoms with Crippen LogP contribution in [-0.2, 0) is 17.8 Å². The summed E-state index contributed by atoms with van der Waals surface area (Å²) in [6.45, 7) is 0.252. The van der Waals surface area contributed by atoms with E-state index in [-0.39, 0.29) is 12.5 Å². The molecule has 0 saturated carbocycles. The number of carboxylic acids is 1. The van der Waals surface area contributed by atoms with Crippen molar-refractivity contribution in [1.82, 2.24) is 14.9 Å². The number of aromatic nitrogens is 2. The summed E-state index contributed by atoms with van der Waals surface area (Å²) in [7, 11) is 0. The number of benzene rings is 1. The molecule has 0 spiro atoms. The van der Waals surface area contributed by atoms with E-state index < -0.39 is 12.0 Å². The first-order valence-corrected chi connectivity index (χ1v) is 7.67. The third-order valence-corrected chi connectivity index (χ3v) is 4.48. The molecule has 0 radical (unpaired) electrons. The lowest BCUT2D eigenvalue weighted by molar-refractivity contribution is -0.142. The molecule has 120 valence electrons. The summed E-state index contributed by atoms with van der Waals surface area (Å²) >= 11 is 0. The molecule has 3 aromatic rings. The SMILES string of the molecule is O=C(O)C1Cc2c([nH]c3ccccc23)CN1C(=O)c1ccncc1. The maximum absolute atomic E-state index is 12.8. The van der Waals surface area contributed by atoms with E-state index in [2.05, 4.69) is 9.97 Å². The monoisotopic (exact) mass is 321 g/mol. The fourth-order valence-corrected chi connectivity index (χ4v) is 3.30. The van der Waals surface area contributed by atoms with Crippen LogP contribution < -0.4 is 0 Å². The van der Waals surface area contributed by atoms with Gasteiger partial charge in [0, 0.05) is 41.0 Å². The highest BCUT2D eigenvalue weighted by Gasteiger charge is 2.36. The van der Waals surface area contributed by atoms with Gasteiger partial charge in [-0.05, 0) is 23.8 Å². The Bertz CT molecular complexity index is 933. The second-order valence-corrected chi connectivity index (χ2v) is 5.85. The maximum atomic E-state index is 12.8. The highest BCUT2D eigenvalue weighted by Crippen LogP contribution is 2.31. The van der Waals surface area contributed by atoms with Crippen molar-refractivity contribution in [3.05, 3.63) is 65.6 Å². The van der Waals surface area contributed by atoms with Crippen LogP contribution in [0, 0.1) is 0 Å². The number of carbonyl (C=O) groups is 2. The van der Waals surface area contributed by atoms with Gasteiger partial charge in [-0.3, -0.25) is 9.78 Å².